The Bertz CT molecular complexity index is 791. The van der Waals surface area contributed by atoms with Gasteiger partial charge in [0.25, 0.3) is 0 Å². The van der Waals surface area contributed by atoms with Gasteiger partial charge in [-0.05, 0) is 25.5 Å². The molecule has 0 amide bonds. The molecule has 2 fully saturated rings. The molecule has 2 aliphatic heterocycles. The van der Waals surface area contributed by atoms with E-state index in [4.69, 9.17) is 13.9 Å². The van der Waals surface area contributed by atoms with Crippen molar-refractivity contribution in [3.63, 3.8) is 0 Å². The Morgan fingerprint density at radius 1 is 1.32 bits per heavy atom. The van der Waals surface area contributed by atoms with Crippen LogP contribution in [-0.2, 0) is 16.7 Å². The second-order valence-corrected chi connectivity index (χ2v) is 7.23. The average Bonchev–Trinajstić information content (AvgIpc) is 3.23. The van der Waals surface area contributed by atoms with E-state index in [0.29, 0.717) is 30.2 Å². The van der Waals surface area contributed by atoms with Crippen LogP contribution in [-0.4, -0.2) is 53.5 Å². The summed E-state index contributed by atoms with van der Waals surface area (Å²) < 4.78 is 17.1. The van der Waals surface area contributed by atoms with Crippen LogP contribution in [0.1, 0.15) is 28.6 Å². The maximum absolute atomic E-state index is 5.79. The van der Waals surface area contributed by atoms with Gasteiger partial charge in [0.05, 0.1) is 25.7 Å². The van der Waals surface area contributed by atoms with Gasteiger partial charge in [-0.3, -0.25) is 4.90 Å². The van der Waals surface area contributed by atoms with E-state index in [1.165, 1.54) is 5.56 Å². The number of hydrogen-bond acceptors (Lipinski definition) is 7. The number of methoxy groups -OCH3 is 1. The molecule has 2 atom stereocenters. The van der Waals surface area contributed by atoms with E-state index in [1.807, 2.05) is 13.8 Å². The standard InChI is InChI=1S/C18H24N4O3/c1-11-5-12(2)19-16(23-4)15(11)7-22-6-14-8-24-10-18(14,9-22)17-21-20-13(3)25-17/h5,14H,6-10H2,1-4H3/t14-,18-/m1/s1. The number of ether oxygens (including phenoxy) is 2. The van der Waals surface area contributed by atoms with Gasteiger partial charge in [-0.25, -0.2) is 4.98 Å². The van der Waals surface area contributed by atoms with E-state index in [-0.39, 0.29) is 5.41 Å². The highest BCUT2D eigenvalue weighted by Gasteiger charge is 2.55. The van der Waals surface area contributed by atoms with Crippen molar-refractivity contribution in [3.05, 3.63) is 34.7 Å². The number of pyridine rings is 1. The lowest BCUT2D eigenvalue weighted by molar-refractivity contribution is 0.139. The molecule has 2 saturated heterocycles. The Morgan fingerprint density at radius 2 is 2.16 bits per heavy atom. The largest absolute Gasteiger partial charge is 0.481 e. The van der Waals surface area contributed by atoms with Crippen molar-refractivity contribution in [3.8, 4) is 5.88 Å². The van der Waals surface area contributed by atoms with Crippen molar-refractivity contribution >= 4 is 0 Å². The maximum Gasteiger partial charge on any atom is 0.226 e. The summed E-state index contributed by atoms with van der Waals surface area (Å²) in [7, 11) is 1.68. The van der Waals surface area contributed by atoms with Gasteiger partial charge < -0.3 is 13.9 Å². The van der Waals surface area contributed by atoms with Gasteiger partial charge in [-0.15, -0.1) is 10.2 Å². The van der Waals surface area contributed by atoms with Crippen LogP contribution in [0.3, 0.4) is 0 Å². The smallest absolute Gasteiger partial charge is 0.226 e. The minimum atomic E-state index is -0.194. The molecule has 0 saturated carbocycles. The number of hydrogen-bond donors (Lipinski definition) is 0. The molecule has 0 spiro atoms. The van der Waals surface area contributed by atoms with Crippen molar-refractivity contribution in [2.24, 2.45) is 5.92 Å². The lowest BCUT2D eigenvalue weighted by atomic mass is 9.81. The Balaban J connectivity index is 1.61. The number of aromatic nitrogens is 3. The second kappa shape index (κ2) is 6.07. The van der Waals surface area contributed by atoms with Crippen LogP contribution < -0.4 is 4.74 Å². The predicted molar refractivity (Wildman–Crippen MR) is 90.6 cm³/mol. The van der Waals surface area contributed by atoms with Gasteiger partial charge in [0, 0.05) is 43.7 Å². The highest BCUT2D eigenvalue weighted by atomic mass is 16.5. The topological polar surface area (TPSA) is 73.5 Å². The minimum Gasteiger partial charge on any atom is -0.481 e. The van der Waals surface area contributed by atoms with Crippen molar-refractivity contribution in [1.29, 1.82) is 0 Å². The van der Waals surface area contributed by atoms with Crippen molar-refractivity contribution in [2.45, 2.75) is 32.7 Å². The highest BCUT2D eigenvalue weighted by Crippen LogP contribution is 2.44. The molecule has 0 radical (unpaired) electrons. The summed E-state index contributed by atoms with van der Waals surface area (Å²) in [5.74, 6) is 2.40. The molecule has 134 valence electrons. The lowest BCUT2D eigenvalue weighted by Crippen LogP contribution is -2.36. The normalized spacial score (nSPS) is 26.2. The number of likely N-dealkylation sites (tertiary alicyclic amines) is 1. The minimum absolute atomic E-state index is 0.194. The van der Waals surface area contributed by atoms with E-state index in [1.54, 1.807) is 7.11 Å². The number of aryl methyl sites for hydroxylation is 3. The third kappa shape index (κ3) is 2.71. The predicted octanol–water partition coefficient (Wildman–Crippen LogP) is 1.80. The van der Waals surface area contributed by atoms with Crippen LogP contribution >= 0.6 is 0 Å². The summed E-state index contributed by atoms with van der Waals surface area (Å²) in [4.78, 5) is 6.96. The second-order valence-electron chi connectivity index (χ2n) is 7.23. The average molecular weight is 344 g/mol. The quantitative estimate of drug-likeness (QED) is 0.837. The fourth-order valence-electron chi connectivity index (χ4n) is 4.17. The van der Waals surface area contributed by atoms with Crippen LogP contribution in [0.5, 0.6) is 5.88 Å². The van der Waals surface area contributed by atoms with Gasteiger partial charge in [-0.2, -0.15) is 0 Å². The Morgan fingerprint density at radius 3 is 2.88 bits per heavy atom. The first-order chi connectivity index (χ1) is 12.0. The van der Waals surface area contributed by atoms with Gasteiger partial charge >= 0.3 is 0 Å². The fraction of sp³-hybridized carbons (Fsp3) is 0.611. The van der Waals surface area contributed by atoms with Crippen LogP contribution in [0.4, 0.5) is 0 Å². The molecule has 4 rings (SSSR count). The zero-order valence-corrected chi connectivity index (χ0v) is 15.2. The first-order valence-corrected chi connectivity index (χ1v) is 8.63. The van der Waals surface area contributed by atoms with Gasteiger partial charge in [0.1, 0.15) is 0 Å². The van der Waals surface area contributed by atoms with Crippen molar-refractivity contribution in [2.75, 3.05) is 33.4 Å². The molecule has 0 bridgehead atoms. The summed E-state index contributed by atoms with van der Waals surface area (Å²) in [6.45, 7) is 9.89. The van der Waals surface area contributed by atoms with Crippen LogP contribution in [0.25, 0.3) is 0 Å². The van der Waals surface area contributed by atoms with Gasteiger partial charge in [0.2, 0.25) is 17.7 Å². The third-order valence-electron chi connectivity index (χ3n) is 5.41. The summed E-state index contributed by atoms with van der Waals surface area (Å²) >= 11 is 0. The van der Waals surface area contributed by atoms with E-state index >= 15 is 0 Å². The van der Waals surface area contributed by atoms with Crippen LogP contribution in [0.2, 0.25) is 0 Å². The molecule has 7 heteroatoms. The van der Waals surface area contributed by atoms with E-state index in [2.05, 4.69) is 33.1 Å². The SMILES string of the molecule is COc1nc(C)cc(C)c1CN1C[C@@H]2COC[C@]2(c2nnc(C)o2)C1. The zero-order chi connectivity index (χ0) is 17.6. The monoisotopic (exact) mass is 344 g/mol. The molecule has 2 aromatic rings. The number of rotatable bonds is 4. The first-order valence-electron chi connectivity index (χ1n) is 8.63. The number of fused-ring (bicyclic) bond motifs is 1. The van der Waals surface area contributed by atoms with E-state index in [0.717, 1.165) is 37.5 Å². The Labute approximate surface area is 147 Å². The molecule has 2 aromatic heterocycles. The molecule has 0 aromatic carbocycles. The third-order valence-corrected chi connectivity index (χ3v) is 5.41. The molecular formula is C18H24N4O3. The van der Waals surface area contributed by atoms with Crippen LogP contribution in [0, 0.1) is 26.7 Å². The molecule has 0 N–H and O–H groups in total. The van der Waals surface area contributed by atoms with E-state index < -0.39 is 0 Å². The molecule has 7 nitrogen and oxygen atoms in total. The fourth-order valence-corrected chi connectivity index (χ4v) is 4.17. The molecule has 4 heterocycles. The molecule has 0 aliphatic carbocycles. The summed E-state index contributed by atoms with van der Waals surface area (Å²) in [6, 6.07) is 2.11. The molecule has 2 aliphatic rings. The molecule has 0 unspecified atom stereocenters. The lowest BCUT2D eigenvalue weighted by Gasteiger charge is -2.23. The summed E-state index contributed by atoms with van der Waals surface area (Å²) in [5, 5.41) is 8.33. The zero-order valence-electron chi connectivity index (χ0n) is 15.2. The Hall–Kier alpha value is -1.99. The van der Waals surface area contributed by atoms with Gasteiger partial charge in [-0.1, -0.05) is 0 Å². The highest BCUT2D eigenvalue weighted by molar-refractivity contribution is 5.36. The molecule has 25 heavy (non-hydrogen) atoms. The van der Waals surface area contributed by atoms with Crippen molar-refractivity contribution < 1.29 is 13.9 Å². The summed E-state index contributed by atoms with van der Waals surface area (Å²) in [5.41, 5.74) is 3.13. The Kier molecular flexibility index (Phi) is 4.00. The van der Waals surface area contributed by atoms with Gasteiger partial charge in [0.15, 0.2) is 0 Å². The van der Waals surface area contributed by atoms with E-state index in [9.17, 15) is 0 Å². The van der Waals surface area contributed by atoms with Crippen LogP contribution in [0.15, 0.2) is 10.5 Å². The molecular weight excluding hydrogens is 320 g/mol. The first kappa shape index (κ1) is 16.5. The maximum atomic E-state index is 5.79. The summed E-state index contributed by atoms with van der Waals surface area (Å²) in [6.07, 6.45) is 0. The number of nitrogens with zero attached hydrogens (tertiary/aromatic N) is 4. The van der Waals surface area contributed by atoms with Crippen molar-refractivity contribution in [1.82, 2.24) is 20.1 Å².